The summed E-state index contributed by atoms with van der Waals surface area (Å²) in [4.78, 5) is 17.0. The minimum atomic E-state index is -5.12. The van der Waals surface area contributed by atoms with Gasteiger partial charge in [-0.1, -0.05) is 47.5 Å². The molecule has 13 heteroatoms. The Morgan fingerprint density at radius 3 is 2.33 bits per heavy atom. The third-order valence-corrected chi connectivity index (χ3v) is 6.78. The molecule has 1 amide bonds. The maximum Gasteiger partial charge on any atom is 0.420 e. The van der Waals surface area contributed by atoms with Crippen LogP contribution in [0.1, 0.15) is 29.5 Å². The predicted molar refractivity (Wildman–Crippen MR) is 129 cm³/mol. The summed E-state index contributed by atoms with van der Waals surface area (Å²) in [5.41, 5.74) is -4.48. The number of aromatic nitrogens is 1. The summed E-state index contributed by atoms with van der Waals surface area (Å²) >= 11 is 12.2. The van der Waals surface area contributed by atoms with Gasteiger partial charge in [0.2, 0.25) is 15.9 Å². The number of rotatable bonds is 7. The number of hydrogen-bond donors (Lipinski definition) is 2. The van der Waals surface area contributed by atoms with Crippen molar-refractivity contribution in [1.29, 1.82) is 0 Å². The lowest BCUT2D eigenvalue weighted by Crippen LogP contribution is -2.57. The van der Waals surface area contributed by atoms with Crippen LogP contribution < -0.4 is 10.0 Å². The van der Waals surface area contributed by atoms with E-state index in [4.69, 9.17) is 23.2 Å². The fourth-order valence-electron chi connectivity index (χ4n) is 3.59. The Labute approximate surface area is 214 Å². The van der Waals surface area contributed by atoms with Crippen LogP contribution in [0.3, 0.4) is 0 Å². The quantitative estimate of drug-likeness (QED) is 0.365. The molecule has 192 valence electrons. The van der Waals surface area contributed by atoms with Crippen molar-refractivity contribution in [2.45, 2.75) is 24.6 Å². The van der Waals surface area contributed by atoms with Crippen molar-refractivity contribution in [2.24, 2.45) is 0 Å². The normalized spacial score (nSPS) is 14.6. The number of nitrogens with zero attached hydrogens (tertiary/aromatic N) is 1. The van der Waals surface area contributed by atoms with Gasteiger partial charge in [0.15, 0.2) is 5.54 Å². The Hall–Kier alpha value is -2.89. The Kier molecular flexibility index (Phi) is 7.87. The summed E-state index contributed by atoms with van der Waals surface area (Å²) < 4.78 is 83.9. The zero-order valence-electron chi connectivity index (χ0n) is 18.7. The lowest BCUT2D eigenvalue weighted by molar-refractivity contribution is -0.190. The second-order valence-corrected chi connectivity index (χ2v) is 10.4. The molecule has 1 aromatic heterocycles. The molecule has 2 unspecified atom stereocenters. The molecule has 0 aliphatic heterocycles. The summed E-state index contributed by atoms with van der Waals surface area (Å²) in [7, 11) is -3.78. The average Bonchev–Trinajstić information content (AvgIpc) is 2.79. The van der Waals surface area contributed by atoms with Crippen molar-refractivity contribution in [3.05, 3.63) is 93.5 Å². The van der Waals surface area contributed by atoms with Crippen LogP contribution in [0.4, 0.5) is 23.2 Å². The molecular formula is C23H19Cl2F4N3O3S. The lowest BCUT2D eigenvalue weighted by Gasteiger charge is -2.38. The Balaban J connectivity index is 2.11. The van der Waals surface area contributed by atoms with Gasteiger partial charge < -0.3 is 5.32 Å². The third kappa shape index (κ3) is 5.58. The highest BCUT2D eigenvalue weighted by molar-refractivity contribution is 7.92. The number of carbonyl (C=O) groups excluding carboxylic acids is 1. The number of pyridine rings is 1. The van der Waals surface area contributed by atoms with Crippen LogP contribution in [0.15, 0.2) is 60.9 Å². The van der Waals surface area contributed by atoms with Crippen LogP contribution in [0.2, 0.25) is 10.0 Å². The number of carbonyl (C=O) groups is 1. The van der Waals surface area contributed by atoms with Gasteiger partial charge in [-0.05, 0) is 36.8 Å². The highest BCUT2D eigenvalue weighted by Gasteiger charge is 2.59. The van der Waals surface area contributed by atoms with Gasteiger partial charge in [0.25, 0.3) is 0 Å². The molecule has 0 bridgehead atoms. The molecule has 0 radical (unpaired) electrons. The maximum absolute atomic E-state index is 14.9. The molecule has 2 aromatic carbocycles. The number of anilines is 1. The molecule has 0 spiro atoms. The van der Waals surface area contributed by atoms with Crippen LogP contribution in [0.25, 0.3) is 0 Å². The first kappa shape index (κ1) is 27.7. The van der Waals surface area contributed by atoms with Crippen LogP contribution >= 0.6 is 23.2 Å². The molecule has 0 aliphatic rings. The molecule has 0 fully saturated rings. The molecule has 3 rings (SSSR count). The molecule has 36 heavy (non-hydrogen) atoms. The first-order valence-corrected chi connectivity index (χ1v) is 12.8. The van der Waals surface area contributed by atoms with E-state index in [2.05, 4.69) is 10.3 Å². The number of alkyl halides is 3. The smallest absolute Gasteiger partial charge is 0.334 e. The van der Waals surface area contributed by atoms with Gasteiger partial charge in [-0.15, -0.1) is 0 Å². The average molecular weight is 564 g/mol. The number of halogens is 6. The van der Waals surface area contributed by atoms with Crippen LogP contribution in [-0.4, -0.2) is 31.7 Å². The molecule has 6 nitrogen and oxygen atoms in total. The third-order valence-electron chi connectivity index (χ3n) is 5.37. The fourth-order valence-corrected chi connectivity index (χ4v) is 4.60. The molecule has 1 heterocycles. The molecule has 2 N–H and O–H groups in total. The van der Waals surface area contributed by atoms with Gasteiger partial charge in [0, 0.05) is 23.5 Å². The van der Waals surface area contributed by atoms with Crippen LogP contribution in [-0.2, 0) is 20.4 Å². The predicted octanol–water partition coefficient (Wildman–Crippen LogP) is 5.62. The van der Waals surface area contributed by atoms with Gasteiger partial charge in [0.05, 0.1) is 27.9 Å². The Morgan fingerprint density at radius 2 is 1.78 bits per heavy atom. The molecule has 2 atom stereocenters. The SMILES string of the molecule is CC(C(=O)NC(c1cccnc1)(c1cccc(Cl)c1Cl)C(F)(F)F)c1ccc(NS(C)(=O)=O)c(F)c1. The van der Waals surface area contributed by atoms with Crippen molar-refractivity contribution in [2.75, 3.05) is 11.0 Å². The van der Waals surface area contributed by atoms with Gasteiger partial charge in [-0.2, -0.15) is 13.2 Å². The minimum Gasteiger partial charge on any atom is -0.334 e. The molecule has 0 saturated carbocycles. The van der Waals surface area contributed by atoms with Gasteiger partial charge in [-0.25, -0.2) is 12.8 Å². The van der Waals surface area contributed by atoms with Crippen molar-refractivity contribution in [3.63, 3.8) is 0 Å². The Bertz CT molecular complexity index is 1390. The van der Waals surface area contributed by atoms with Gasteiger partial charge >= 0.3 is 6.18 Å². The standard InChI is InChI=1S/C23H19Cl2F4N3O3S/c1-13(14-8-9-19(18(26)11-14)32-36(2,34)35)21(33)31-22(23(27,28)29,15-5-4-10-30-12-15)16-6-3-7-17(24)20(16)25/h3-13,32H,1-2H3,(H,31,33). The summed E-state index contributed by atoms with van der Waals surface area (Å²) in [6.07, 6.45) is -2.08. The van der Waals surface area contributed by atoms with Crippen LogP contribution in [0.5, 0.6) is 0 Å². The van der Waals surface area contributed by atoms with E-state index in [1.54, 1.807) is 0 Å². The molecular weight excluding hydrogens is 545 g/mol. The zero-order chi connectivity index (χ0) is 26.9. The van der Waals surface area contributed by atoms with E-state index in [1.165, 1.54) is 37.4 Å². The summed E-state index contributed by atoms with van der Waals surface area (Å²) in [5.74, 6) is -3.41. The fraction of sp³-hybridized carbons (Fsp3) is 0.217. The monoisotopic (exact) mass is 563 g/mol. The maximum atomic E-state index is 14.9. The van der Waals surface area contributed by atoms with E-state index >= 15 is 0 Å². The summed E-state index contributed by atoms with van der Waals surface area (Å²) in [6.45, 7) is 1.28. The molecule has 0 saturated heterocycles. The second kappa shape index (κ2) is 10.2. The lowest BCUT2D eigenvalue weighted by atomic mass is 9.81. The van der Waals surface area contributed by atoms with Crippen molar-refractivity contribution in [1.82, 2.24) is 10.3 Å². The first-order valence-electron chi connectivity index (χ1n) is 10.2. The van der Waals surface area contributed by atoms with E-state index in [1.807, 2.05) is 4.72 Å². The minimum absolute atomic E-state index is 0.00324. The largest absolute Gasteiger partial charge is 0.420 e. The van der Waals surface area contributed by atoms with Crippen molar-refractivity contribution < 1.29 is 30.8 Å². The van der Waals surface area contributed by atoms with E-state index < -0.39 is 55.5 Å². The summed E-state index contributed by atoms with van der Waals surface area (Å²) in [6, 6.07) is 9.22. The molecule has 0 aliphatic carbocycles. The number of hydrogen-bond acceptors (Lipinski definition) is 4. The van der Waals surface area contributed by atoms with E-state index in [0.717, 1.165) is 36.7 Å². The highest BCUT2D eigenvalue weighted by atomic mass is 35.5. The summed E-state index contributed by atoms with van der Waals surface area (Å²) in [5, 5.41) is 1.48. The number of benzene rings is 2. The zero-order valence-corrected chi connectivity index (χ0v) is 21.0. The number of sulfonamides is 1. The van der Waals surface area contributed by atoms with Crippen molar-refractivity contribution in [3.8, 4) is 0 Å². The number of amides is 1. The van der Waals surface area contributed by atoms with E-state index in [0.29, 0.717) is 0 Å². The van der Waals surface area contributed by atoms with E-state index in [9.17, 15) is 30.8 Å². The topological polar surface area (TPSA) is 88.2 Å². The second-order valence-electron chi connectivity index (χ2n) is 7.92. The highest BCUT2D eigenvalue weighted by Crippen LogP contribution is 2.48. The van der Waals surface area contributed by atoms with E-state index in [-0.39, 0.29) is 16.3 Å². The molecule has 3 aromatic rings. The first-order chi connectivity index (χ1) is 16.7. The van der Waals surface area contributed by atoms with Crippen molar-refractivity contribution >= 4 is 44.8 Å². The number of nitrogens with one attached hydrogen (secondary N) is 2. The van der Waals surface area contributed by atoms with Gasteiger partial charge in [0.1, 0.15) is 5.82 Å². The van der Waals surface area contributed by atoms with Gasteiger partial charge in [-0.3, -0.25) is 14.5 Å². The van der Waals surface area contributed by atoms with Crippen LogP contribution in [0, 0.1) is 5.82 Å². The Morgan fingerprint density at radius 1 is 1.08 bits per heavy atom.